The topological polar surface area (TPSA) is 78.9 Å². The van der Waals surface area contributed by atoms with Crippen LogP contribution in [0.3, 0.4) is 0 Å². The number of anilines is 3. The molecule has 0 fully saturated rings. The number of hydrogen-bond donors (Lipinski definition) is 3. The highest BCUT2D eigenvalue weighted by molar-refractivity contribution is 6.04. The number of fused-ring (bicyclic) bond motifs is 3. The summed E-state index contributed by atoms with van der Waals surface area (Å²) in [6, 6.07) is 18.9. The quantitative estimate of drug-likeness (QED) is 0.481. The van der Waals surface area contributed by atoms with E-state index in [1.165, 1.54) is 11.1 Å². The molecule has 3 N–H and O–H groups in total. The van der Waals surface area contributed by atoms with Crippen LogP contribution >= 0.6 is 0 Å². The van der Waals surface area contributed by atoms with E-state index < -0.39 is 0 Å². The monoisotopic (exact) mass is 395 g/mol. The van der Waals surface area contributed by atoms with Gasteiger partial charge in [-0.1, -0.05) is 18.2 Å². The van der Waals surface area contributed by atoms with Crippen LogP contribution in [0.25, 0.3) is 11.0 Å². The maximum atomic E-state index is 12.3. The Bertz CT molecular complexity index is 1210. The summed E-state index contributed by atoms with van der Waals surface area (Å²) in [5, 5.41) is 10.9. The van der Waals surface area contributed by atoms with Crippen molar-refractivity contribution in [1.29, 1.82) is 0 Å². The lowest BCUT2D eigenvalue weighted by molar-refractivity contribution is 0.102. The van der Waals surface area contributed by atoms with Crippen LogP contribution in [0.1, 0.15) is 21.5 Å². The molecule has 0 unspecified atom stereocenters. The number of aromatic nitrogens is 2. The molecule has 0 saturated heterocycles. The van der Waals surface area contributed by atoms with E-state index >= 15 is 0 Å². The molecular weight excluding hydrogens is 374 g/mol. The van der Waals surface area contributed by atoms with E-state index in [1.54, 1.807) is 18.3 Å². The first-order valence-corrected chi connectivity index (χ1v) is 9.97. The van der Waals surface area contributed by atoms with Gasteiger partial charge in [-0.2, -0.15) is 0 Å². The molecule has 0 saturated carbocycles. The Labute approximate surface area is 174 Å². The fraction of sp³-hybridized carbons (Fsp3) is 0.125. The van der Waals surface area contributed by atoms with Gasteiger partial charge in [0.05, 0.1) is 5.69 Å². The first-order chi connectivity index (χ1) is 14.8. The fourth-order valence-electron chi connectivity index (χ4n) is 3.79. The van der Waals surface area contributed by atoms with Crippen molar-refractivity contribution in [1.82, 2.24) is 15.3 Å². The Morgan fingerprint density at radius 2 is 1.73 bits per heavy atom. The van der Waals surface area contributed by atoms with E-state index in [-0.39, 0.29) is 5.91 Å². The van der Waals surface area contributed by atoms with Gasteiger partial charge < -0.3 is 16.0 Å². The maximum Gasteiger partial charge on any atom is 0.255 e. The van der Waals surface area contributed by atoms with Crippen molar-refractivity contribution in [2.24, 2.45) is 0 Å². The molecule has 1 amide bonds. The third-order valence-electron chi connectivity index (χ3n) is 5.29. The van der Waals surface area contributed by atoms with E-state index in [0.29, 0.717) is 5.56 Å². The number of hydrogen-bond acceptors (Lipinski definition) is 5. The van der Waals surface area contributed by atoms with Gasteiger partial charge in [0.15, 0.2) is 5.65 Å². The molecule has 0 aliphatic carbocycles. The number of pyridine rings is 2. The van der Waals surface area contributed by atoms with Crippen molar-refractivity contribution in [3.63, 3.8) is 0 Å². The molecular formula is C24H21N5O. The molecule has 30 heavy (non-hydrogen) atoms. The van der Waals surface area contributed by atoms with Crippen LogP contribution in [0.5, 0.6) is 0 Å². The average Bonchev–Trinajstić information content (AvgIpc) is 2.81. The molecule has 2 aromatic carbocycles. The summed E-state index contributed by atoms with van der Waals surface area (Å²) in [4.78, 5) is 21.3. The van der Waals surface area contributed by atoms with Crippen LogP contribution in [-0.2, 0) is 13.0 Å². The standard InChI is InChI=1S/C24H21N5O/c30-24(16-4-2-1-3-5-16)29-19-8-6-18(7-9-19)28-21-11-13-26-23-22(21)20-10-12-25-14-17(20)15-27-23/h1-9,11,13,15,25H,10,12,14H2,(H,29,30)(H,26,27,28). The van der Waals surface area contributed by atoms with Crippen molar-refractivity contribution >= 4 is 34.0 Å². The van der Waals surface area contributed by atoms with Gasteiger partial charge in [-0.3, -0.25) is 4.79 Å². The average molecular weight is 395 g/mol. The number of carbonyl (C=O) groups excluding carboxylic acids is 1. The number of nitrogens with one attached hydrogen (secondary N) is 3. The molecule has 6 heteroatoms. The molecule has 148 valence electrons. The lowest BCUT2D eigenvalue weighted by atomic mass is 9.98. The van der Waals surface area contributed by atoms with Gasteiger partial charge in [0.2, 0.25) is 0 Å². The van der Waals surface area contributed by atoms with E-state index in [4.69, 9.17) is 0 Å². The Balaban J connectivity index is 1.39. The zero-order valence-corrected chi connectivity index (χ0v) is 16.4. The largest absolute Gasteiger partial charge is 0.355 e. The first-order valence-electron chi connectivity index (χ1n) is 9.97. The van der Waals surface area contributed by atoms with E-state index in [0.717, 1.165) is 47.6 Å². The number of amides is 1. The summed E-state index contributed by atoms with van der Waals surface area (Å²) in [5.74, 6) is -0.122. The first kappa shape index (κ1) is 18.3. The molecule has 0 bridgehead atoms. The Morgan fingerprint density at radius 3 is 2.57 bits per heavy atom. The fourth-order valence-corrected chi connectivity index (χ4v) is 3.79. The summed E-state index contributed by atoms with van der Waals surface area (Å²) in [6.07, 6.45) is 4.66. The molecule has 6 nitrogen and oxygen atoms in total. The number of benzene rings is 2. The normalized spacial score (nSPS) is 12.9. The Morgan fingerprint density at radius 1 is 0.933 bits per heavy atom. The van der Waals surface area contributed by atoms with Gasteiger partial charge in [0, 0.05) is 41.3 Å². The number of rotatable bonds is 4. The minimum Gasteiger partial charge on any atom is -0.355 e. The van der Waals surface area contributed by atoms with E-state index in [2.05, 4.69) is 25.9 Å². The van der Waals surface area contributed by atoms with Gasteiger partial charge in [-0.05, 0) is 66.6 Å². The van der Waals surface area contributed by atoms with Crippen LogP contribution < -0.4 is 16.0 Å². The van der Waals surface area contributed by atoms with Crippen LogP contribution in [0.2, 0.25) is 0 Å². The molecule has 1 aliphatic heterocycles. The minimum absolute atomic E-state index is 0.122. The summed E-state index contributed by atoms with van der Waals surface area (Å²) in [5.41, 5.74) is 6.60. The highest BCUT2D eigenvalue weighted by atomic mass is 16.1. The predicted octanol–water partition coefficient (Wildman–Crippen LogP) is 4.27. The van der Waals surface area contributed by atoms with Gasteiger partial charge in [-0.15, -0.1) is 0 Å². The van der Waals surface area contributed by atoms with Crippen molar-refractivity contribution in [3.8, 4) is 0 Å². The Hall–Kier alpha value is -3.77. The second kappa shape index (κ2) is 7.93. The molecule has 0 spiro atoms. The smallest absolute Gasteiger partial charge is 0.255 e. The van der Waals surface area contributed by atoms with E-state index in [9.17, 15) is 4.79 Å². The molecule has 5 rings (SSSR count). The molecule has 4 aromatic rings. The lowest BCUT2D eigenvalue weighted by Gasteiger charge is -2.20. The third-order valence-corrected chi connectivity index (χ3v) is 5.29. The second-order valence-corrected chi connectivity index (χ2v) is 7.27. The molecule has 3 heterocycles. The summed E-state index contributed by atoms with van der Waals surface area (Å²) >= 11 is 0. The van der Waals surface area contributed by atoms with E-state index in [1.807, 2.05) is 54.7 Å². The molecule has 2 aromatic heterocycles. The van der Waals surface area contributed by atoms with Crippen LogP contribution in [-0.4, -0.2) is 22.4 Å². The van der Waals surface area contributed by atoms with Crippen LogP contribution in [0.4, 0.5) is 17.1 Å². The molecule has 1 aliphatic rings. The zero-order valence-electron chi connectivity index (χ0n) is 16.4. The zero-order chi connectivity index (χ0) is 20.3. The lowest BCUT2D eigenvalue weighted by Crippen LogP contribution is -2.24. The maximum absolute atomic E-state index is 12.3. The second-order valence-electron chi connectivity index (χ2n) is 7.27. The minimum atomic E-state index is -0.122. The molecule has 0 radical (unpaired) electrons. The predicted molar refractivity (Wildman–Crippen MR) is 119 cm³/mol. The van der Waals surface area contributed by atoms with Crippen LogP contribution in [0, 0.1) is 0 Å². The summed E-state index contributed by atoms with van der Waals surface area (Å²) in [7, 11) is 0. The van der Waals surface area contributed by atoms with Crippen molar-refractivity contribution in [2.75, 3.05) is 17.2 Å². The highest BCUT2D eigenvalue weighted by Crippen LogP contribution is 2.31. The number of carbonyl (C=O) groups is 1. The highest BCUT2D eigenvalue weighted by Gasteiger charge is 2.16. The van der Waals surface area contributed by atoms with Gasteiger partial charge in [0.25, 0.3) is 5.91 Å². The Kier molecular flexibility index (Phi) is 4.83. The third kappa shape index (κ3) is 3.60. The van der Waals surface area contributed by atoms with Gasteiger partial charge in [-0.25, -0.2) is 9.97 Å². The number of nitrogens with zero attached hydrogens (tertiary/aromatic N) is 2. The molecule has 0 atom stereocenters. The summed E-state index contributed by atoms with van der Waals surface area (Å²) in [6.45, 7) is 1.79. The van der Waals surface area contributed by atoms with Crippen molar-refractivity contribution < 1.29 is 4.79 Å². The SMILES string of the molecule is O=C(Nc1ccc(Nc2ccnc3ncc4c(c23)CCNC4)cc1)c1ccccc1. The summed E-state index contributed by atoms with van der Waals surface area (Å²) < 4.78 is 0. The van der Waals surface area contributed by atoms with Gasteiger partial charge in [0.1, 0.15) is 0 Å². The van der Waals surface area contributed by atoms with Gasteiger partial charge >= 0.3 is 0 Å². The van der Waals surface area contributed by atoms with Crippen molar-refractivity contribution in [2.45, 2.75) is 13.0 Å². The van der Waals surface area contributed by atoms with Crippen molar-refractivity contribution in [3.05, 3.63) is 89.7 Å². The van der Waals surface area contributed by atoms with Crippen LogP contribution in [0.15, 0.2) is 73.1 Å².